The molecule has 0 saturated heterocycles. The quantitative estimate of drug-likeness (QED) is 0.185. The molecule has 0 atom stereocenters. The van der Waals surface area contributed by atoms with Crippen molar-refractivity contribution in [2.75, 3.05) is 0 Å². The summed E-state index contributed by atoms with van der Waals surface area (Å²) < 4.78 is 4.81. The van der Waals surface area contributed by atoms with Crippen LogP contribution < -0.4 is 0 Å². The molecule has 10 aromatic rings. The lowest BCUT2D eigenvalue weighted by Gasteiger charge is -2.16. The smallest absolute Gasteiger partial charge is 0.165 e. The van der Waals surface area contributed by atoms with Crippen LogP contribution in [-0.2, 0) is 0 Å². The molecule has 0 fully saturated rings. The van der Waals surface area contributed by atoms with Gasteiger partial charge in [-0.1, -0.05) is 140 Å². The number of nitrogens with zero attached hydrogens (tertiary/aromatic N) is 4. The molecular weight excluding hydrogens is 629 g/mol. The Labute approximate surface area is 292 Å². The van der Waals surface area contributed by atoms with Gasteiger partial charge in [0.25, 0.3) is 0 Å². The number of aromatic nitrogens is 4. The molecule has 0 N–H and O–H groups in total. The van der Waals surface area contributed by atoms with Crippen molar-refractivity contribution in [2.45, 2.75) is 0 Å². The molecule has 4 nitrogen and oxygen atoms in total. The third kappa shape index (κ3) is 4.63. The number of thiophene rings is 1. The van der Waals surface area contributed by atoms with Gasteiger partial charge in [-0.2, -0.15) is 0 Å². The average molecular weight is 657 g/mol. The Bertz CT molecular complexity index is 2820. The normalized spacial score (nSPS) is 11.6. The van der Waals surface area contributed by atoms with Crippen LogP contribution in [-0.4, -0.2) is 19.5 Å². The third-order valence-electron chi connectivity index (χ3n) is 9.47. The molecule has 3 aromatic heterocycles. The number of rotatable bonds is 5. The van der Waals surface area contributed by atoms with E-state index in [4.69, 9.17) is 15.0 Å². The van der Waals surface area contributed by atoms with E-state index in [1.807, 2.05) is 18.2 Å². The van der Waals surface area contributed by atoms with Crippen molar-refractivity contribution in [3.63, 3.8) is 0 Å². The molecule has 0 spiro atoms. The van der Waals surface area contributed by atoms with E-state index in [0.717, 1.165) is 44.5 Å². The molecule has 0 saturated carbocycles. The van der Waals surface area contributed by atoms with Gasteiger partial charge in [-0.15, -0.1) is 11.3 Å². The van der Waals surface area contributed by atoms with Crippen LogP contribution in [0.25, 0.3) is 93.0 Å². The molecule has 3 heterocycles. The van der Waals surface area contributed by atoms with E-state index in [1.54, 1.807) is 11.3 Å². The van der Waals surface area contributed by atoms with Gasteiger partial charge in [-0.3, -0.25) is 0 Å². The Morgan fingerprint density at radius 2 is 0.940 bits per heavy atom. The molecule has 0 amide bonds. The van der Waals surface area contributed by atoms with Crippen LogP contribution in [0.1, 0.15) is 0 Å². The zero-order chi connectivity index (χ0) is 33.0. The largest absolute Gasteiger partial charge is 0.309 e. The average Bonchev–Trinajstić information content (AvgIpc) is 3.74. The summed E-state index contributed by atoms with van der Waals surface area (Å²) in [4.78, 5) is 15.5. The second-order valence-corrected chi connectivity index (χ2v) is 13.5. The van der Waals surface area contributed by atoms with Crippen molar-refractivity contribution in [1.29, 1.82) is 0 Å². The Hall–Kier alpha value is -6.43. The summed E-state index contributed by atoms with van der Waals surface area (Å²) in [6, 6.07) is 59.7. The highest BCUT2D eigenvalue weighted by atomic mass is 32.1. The van der Waals surface area contributed by atoms with Crippen LogP contribution in [0.3, 0.4) is 0 Å². The van der Waals surface area contributed by atoms with Gasteiger partial charge < -0.3 is 4.57 Å². The minimum atomic E-state index is 0.633. The van der Waals surface area contributed by atoms with Gasteiger partial charge >= 0.3 is 0 Å². The zero-order valence-corrected chi connectivity index (χ0v) is 27.7. The first kappa shape index (κ1) is 28.6. The predicted octanol–water partition coefficient (Wildman–Crippen LogP) is 12.0. The highest BCUT2D eigenvalue weighted by Crippen LogP contribution is 2.41. The van der Waals surface area contributed by atoms with Gasteiger partial charge in [0, 0.05) is 53.2 Å². The lowest BCUT2D eigenvalue weighted by molar-refractivity contribution is 1.07. The number of para-hydroxylation sites is 2. The SMILES string of the molecule is c1ccc(-c2nc(-c3ccc(-c4ccccc4)c(-n4c5ccccc5c5ccccc54)c3)nc(-c3cccc4c3sc3ccccc34)n2)cc1. The Morgan fingerprint density at radius 1 is 0.380 bits per heavy atom. The van der Waals surface area contributed by atoms with Crippen LogP contribution >= 0.6 is 11.3 Å². The van der Waals surface area contributed by atoms with E-state index in [1.165, 1.54) is 30.9 Å². The molecule has 10 rings (SSSR count). The topological polar surface area (TPSA) is 43.6 Å². The van der Waals surface area contributed by atoms with Gasteiger partial charge in [-0.05, 0) is 35.9 Å². The van der Waals surface area contributed by atoms with Crippen LogP contribution in [0, 0.1) is 0 Å². The summed E-state index contributed by atoms with van der Waals surface area (Å²) in [6.07, 6.45) is 0. The lowest BCUT2D eigenvalue weighted by Crippen LogP contribution is -2.02. The summed E-state index contributed by atoms with van der Waals surface area (Å²) in [5, 5.41) is 4.90. The van der Waals surface area contributed by atoms with E-state index in [2.05, 4.69) is 156 Å². The predicted molar refractivity (Wildman–Crippen MR) is 209 cm³/mol. The van der Waals surface area contributed by atoms with Crippen LogP contribution in [0.4, 0.5) is 0 Å². The summed E-state index contributed by atoms with van der Waals surface area (Å²) in [5.74, 6) is 1.94. The van der Waals surface area contributed by atoms with Crippen LogP contribution in [0.15, 0.2) is 170 Å². The van der Waals surface area contributed by atoms with Crippen molar-refractivity contribution >= 4 is 53.3 Å². The van der Waals surface area contributed by atoms with Crippen molar-refractivity contribution in [1.82, 2.24) is 19.5 Å². The van der Waals surface area contributed by atoms with Gasteiger partial charge in [0.1, 0.15) is 0 Å². The fraction of sp³-hybridized carbons (Fsp3) is 0. The second-order valence-electron chi connectivity index (χ2n) is 12.4. The Balaban J connectivity index is 1.25. The van der Waals surface area contributed by atoms with Crippen molar-refractivity contribution in [3.8, 4) is 51.0 Å². The maximum absolute atomic E-state index is 5.24. The van der Waals surface area contributed by atoms with Gasteiger partial charge in [0.2, 0.25) is 0 Å². The first-order chi connectivity index (χ1) is 24.8. The fourth-order valence-electron chi connectivity index (χ4n) is 7.16. The second kappa shape index (κ2) is 11.6. The minimum absolute atomic E-state index is 0.633. The molecule has 5 heteroatoms. The lowest BCUT2D eigenvalue weighted by atomic mass is 10.0. The van der Waals surface area contributed by atoms with Crippen LogP contribution in [0.5, 0.6) is 0 Å². The highest BCUT2D eigenvalue weighted by molar-refractivity contribution is 7.26. The zero-order valence-electron chi connectivity index (χ0n) is 26.9. The molecule has 0 bridgehead atoms. The van der Waals surface area contributed by atoms with E-state index >= 15 is 0 Å². The van der Waals surface area contributed by atoms with Crippen molar-refractivity contribution in [3.05, 3.63) is 170 Å². The van der Waals surface area contributed by atoms with Gasteiger partial charge in [-0.25, -0.2) is 15.0 Å². The molecule has 50 heavy (non-hydrogen) atoms. The van der Waals surface area contributed by atoms with E-state index in [9.17, 15) is 0 Å². The first-order valence-corrected chi connectivity index (χ1v) is 17.5. The summed E-state index contributed by atoms with van der Waals surface area (Å²) >= 11 is 1.79. The summed E-state index contributed by atoms with van der Waals surface area (Å²) in [6.45, 7) is 0. The summed E-state index contributed by atoms with van der Waals surface area (Å²) in [7, 11) is 0. The molecular formula is C45H28N4S. The minimum Gasteiger partial charge on any atom is -0.309 e. The summed E-state index contributed by atoms with van der Waals surface area (Å²) in [5.41, 5.74) is 8.54. The van der Waals surface area contributed by atoms with E-state index < -0.39 is 0 Å². The Kier molecular flexibility index (Phi) is 6.64. The highest BCUT2D eigenvalue weighted by Gasteiger charge is 2.20. The van der Waals surface area contributed by atoms with Crippen LogP contribution in [0.2, 0.25) is 0 Å². The maximum Gasteiger partial charge on any atom is 0.165 e. The van der Waals surface area contributed by atoms with Crippen molar-refractivity contribution < 1.29 is 0 Å². The third-order valence-corrected chi connectivity index (χ3v) is 10.7. The standard InChI is InChI=1S/C45H28N4S/c1-3-14-29(15-4-1)32-27-26-31(28-40(32)49-38-23-10-7-18-33(38)34-19-8-11-24-39(34)49)44-46-43(30-16-5-2-6-17-30)47-45(48-44)37-22-13-21-36-35-20-9-12-25-41(35)50-42(36)37/h1-28H. The fourth-order valence-corrected chi connectivity index (χ4v) is 8.38. The molecule has 0 aliphatic rings. The number of benzene rings is 7. The number of hydrogen-bond acceptors (Lipinski definition) is 4. The monoisotopic (exact) mass is 656 g/mol. The van der Waals surface area contributed by atoms with Gasteiger partial charge in [0.15, 0.2) is 17.5 Å². The number of fused-ring (bicyclic) bond motifs is 6. The number of hydrogen-bond donors (Lipinski definition) is 0. The molecule has 0 radical (unpaired) electrons. The molecule has 0 unspecified atom stereocenters. The Morgan fingerprint density at radius 3 is 1.66 bits per heavy atom. The molecule has 7 aromatic carbocycles. The van der Waals surface area contributed by atoms with Gasteiger partial charge in [0.05, 0.1) is 16.7 Å². The van der Waals surface area contributed by atoms with Crippen molar-refractivity contribution in [2.24, 2.45) is 0 Å². The van der Waals surface area contributed by atoms with E-state index in [-0.39, 0.29) is 0 Å². The molecule has 0 aliphatic heterocycles. The first-order valence-electron chi connectivity index (χ1n) is 16.7. The molecule has 234 valence electrons. The van der Waals surface area contributed by atoms with E-state index in [0.29, 0.717) is 17.5 Å². The maximum atomic E-state index is 5.24. The molecule has 0 aliphatic carbocycles.